The third-order valence-corrected chi connectivity index (χ3v) is 19.7. The van der Waals surface area contributed by atoms with Crippen LogP contribution in [0.5, 0.6) is 0 Å². The number of fused-ring (bicyclic) bond motifs is 5. The quantitative estimate of drug-likeness (QED) is 0.0179. The Balaban J connectivity index is 0.000000144. The van der Waals surface area contributed by atoms with Crippen molar-refractivity contribution in [3.63, 3.8) is 0 Å². The zero-order valence-electron chi connectivity index (χ0n) is 58.7. The van der Waals surface area contributed by atoms with Crippen LogP contribution in [0.4, 0.5) is 17.1 Å². The lowest BCUT2D eigenvalue weighted by Crippen LogP contribution is -2.13. The molecule has 9 aromatic carbocycles. The van der Waals surface area contributed by atoms with Crippen LogP contribution in [0.1, 0.15) is 99.4 Å². The van der Waals surface area contributed by atoms with E-state index in [1.54, 1.807) is 30.7 Å². The highest BCUT2D eigenvalue weighted by molar-refractivity contribution is 6.37. The van der Waals surface area contributed by atoms with Gasteiger partial charge in [-0.25, -0.2) is 19.3 Å². The molecule has 14 aromatic rings. The molecule has 540 valence electrons. The van der Waals surface area contributed by atoms with Crippen LogP contribution in [-0.2, 0) is 28.6 Å². The molecule has 5 heterocycles. The van der Waals surface area contributed by atoms with Crippen LogP contribution < -0.4 is 5.32 Å². The number of halogens is 5. The van der Waals surface area contributed by atoms with E-state index >= 15 is 0 Å². The SMILES string of the molecule is COC(=O)/C=C/c1cc(Cl)c2[nH]ccc2c1.COC(=O)CC(c1ccccc1)c1cc(Cl)c2[nH]ccc2c1.[C-]#[N+]c1c[nH]c2c(Cl)cc(C(CC(=O)OC)c3ccccc3)cc12.[C-]#[N+]c1c[nH]c2c(Cl)cc(C(CCNC)c3ccccc3)cc12.[C-]#[N+]c1c[nH]c2c(Cl)cc(C(CCO)c3ccccc3)cc12. The summed E-state index contributed by atoms with van der Waals surface area (Å²) in [6, 6.07) is 63.5. The lowest BCUT2D eigenvalue weighted by Gasteiger charge is -2.19. The second-order valence-electron chi connectivity index (χ2n) is 24.7. The van der Waals surface area contributed by atoms with Crippen LogP contribution in [0.15, 0.2) is 231 Å². The molecule has 4 atom stereocenters. The number of rotatable bonds is 19. The van der Waals surface area contributed by atoms with Crippen LogP contribution in [0.3, 0.4) is 0 Å². The van der Waals surface area contributed by atoms with Gasteiger partial charge in [-0.15, -0.1) is 0 Å². The fraction of sp³-hybridized carbons (Fsp3) is 0.163. The van der Waals surface area contributed by atoms with Crippen molar-refractivity contribution >= 4 is 154 Å². The Morgan fingerprint density at radius 2 is 0.776 bits per heavy atom. The molecule has 0 saturated carbocycles. The van der Waals surface area contributed by atoms with E-state index in [-0.39, 0.29) is 61.0 Å². The van der Waals surface area contributed by atoms with Gasteiger partial charge in [0.15, 0.2) is 0 Å². The topological polar surface area (TPSA) is 203 Å². The van der Waals surface area contributed by atoms with Crippen LogP contribution in [0.25, 0.3) is 75.1 Å². The summed E-state index contributed by atoms with van der Waals surface area (Å²) in [5, 5.41) is 20.3. The van der Waals surface area contributed by atoms with E-state index in [1.165, 1.54) is 33.0 Å². The number of methoxy groups -OCH3 is 3. The van der Waals surface area contributed by atoms with Gasteiger partial charge in [0.05, 0.1) is 107 Å². The molecule has 14 rings (SSSR count). The molecular formula is C86H74Cl5N9O7. The van der Waals surface area contributed by atoms with E-state index in [0.29, 0.717) is 48.6 Å². The number of hydrogen-bond donors (Lipinski definition) is 7. The average Bonchev–Trinajstić information content (AvgIpc) is 1.83. The Morgan fingerprint density at radius 3 is 1.14 bits per heavy atom. The Kier molecular flexibility index (Phi) is 27.9. The predicted molar refractivity (Wildman–Crippen MR) is 433 cm³/mol. The first-order valence-electron chi connectivity index (χ1n) is 33.9. The molecule has 5 aromatic heterocycles. The second kappa shape index (κ2) is 38.1. The number of benzene rings is 9. The van der Waals surface area contributed by atoms with Crippen molar-refractivity contribution in [1.82, 2.24) is 30.2 Å². The van der Waals surface area contributed by atoms with E-state index in [0.717, 1.165) is 112 Å². The molecule has 107 heavy (non-hydrogen) atoms. The maximum atomic E-state index is 11.9. The summed E-state index contributed by atoms with van der Waals surface area (Å²) in [5.41, 5.74) is 15.2. The van der Waals surface area contributed by atoms with Crippen molar-refractivity contribution < 1.29 is 33.7 Å². The highest BCUT2D eigenvalue weighted by Gasteiger charge is 2.24. The number of ether oxygens (including phenoxy) is 3. The fourth-order valence-corrected chi connectivity index (χ4v) is 14.3. The minimum Gasteiger partial charge on any atom is -0.469 e. The smallest absolute Gasteiger partial charge is 0.330 e. The first-order valence-corrected chi connectivity index (χ1v) is 35.8. The van der Waals surface area contributed by atoms with Gasteiger partial charge in [-0.1, -0.05) is 198 Å². The summed E-state index contributed by atoms with van der Waals surface area (Å²) >= 11 is 31.6. The number of nitrogens with one attached hydrogen (secondary N) is 6. The molecule has 16 nitrogen and oxygen atoms in total. The van der Waals surface area contributed by atoms with Crippen molar-refractivity contribution in [3.05, 3.63) is 341 Å². The number of carbonyl (C=O) groups is 3. The number of aliphatic hydroxyl groups is 1. The van der Waals surface area contributed by atoms with Gasteiger partial charge in [0.2, 0.25) is 17.1 Å². The normalized spacial score (nSPS) is 12.0. The van der Waals surface area contributed by atoms with Crippen molar-refractivity contribution in [1.29, 1.82) is 0 Å². The maximum absolute atomic E-state index is 11.9. The molecule has 4 unspecified atom stereocenters. The highest BCUT2D eigenvalue weighted by Crippen LogP contribution is 2.42. The number of carbonyl (C=O) groups excluding carboxylic acids is 3. The number of hydrogen-bond acceptors (Lipinski definition) is 8. The molecule has 0 fully saturated rings. The Bertz CT molecular complexity index is 5540. The maximum Gasteiger partial charge on any atom is 0.330 e. The Labute approximate surface area is 644 Å². The summed E-state index contributed by atoms with van der Waals surface area (Å²) in [4.78, 5) is 60.6. The van der Waals surface area contributed by atoms with E-state index < -0.39 is 0 Å². The molecule has 0 spiro atoms. The number of aromatic nitrogens is 5. The lowest BCUT2D eigenvalue weighted by atomic mass is 9.88. The molecule has 0 aliphatic heterocycles. The van der Waals surface area contributed by atoms with Crippen molar-refractivity contribution in [2.45, 2.75) is 49.4 Å². The fourth-order valence-electron chi connectivity index (χ4n) is 12.9. The number of nitrogens with zero attached hydrogens (tertiary/aromatic N) is 3. The number of aliphatic hydroxyl groups excluding tert-OH is 1. The van der Waals surface area contributed by atoms with Gasteiger partial charge < -0.3 is 49.6 Å². The molecule has 0 amide bonds. The minimum atomic E-state index is -0.384. The summed E-state index contributed by atoms with van der Waals surface area (Å²) < 4.78 is 14.2. The molecule has 21 heteroatoms. The van der Waals surface area contributed by atoms with Crippen molar-refractivity contribution in [3.8, 4) is 0 Å². The van der Waals surface area contributed by atoms with Crippen LogP contribution in [0.2, 0.25) is 25.1 Å². The second-order valence-corrected chi connectivity index (χ2v) is 26.7. The summed E-state index contributed by atoms with van der Waals surface area (Å²) in [5.74, 6) is -0.871. The number of esters is 3. The Hall–Kier alpha value is -11.3. The molecule has 0 aliphatic carbocycles. The predicted octanol–water partition coefficient (Wildman–Crippen LogP) is 22.6. The number of aromatic amines is 5. The molecule has 0 aliphatic rings. The third-order valence-electron chi connectivity index (χ3n) is 18.2. The van der Waals surface area contributed by atoms with Gasteiger partial charge in [0, 0.05) is 94.3 Å². The summed E-state index contributed by atoms with van der Waals surface area (Å²) in [6.45, 7) is 22.9. The molecular weight excluding hydrogens is 1450 g/mol. The van der Waals surface area contributed by atoms with Crippen LogP contribution in [-0.4, -0.2) is 89.5 Å². The van der Waals surface area contributed by atoms with E-state index in [4.69, 9.17) is 87.2 Å². The van der Waals surface area contributed by atoms with Crippen LogP contribution >= 0.6 is 58.0 Å². The molecule has 0 radical (unpaired) electrons. The van der Waals surface area contributed by atoms with Crippen LogP contribution in [0, 0.1) is 19.7 Å². The molecule has 7 N–H and O–H groups in total. The summed E-state index contributed by atoms with van der Waals surface area (Å²) in [6.07, 6.45) is 13.8. The van der Waals surface area contributed by atoms with Gasteiger partial charge >= 0.3 is 17.9 Å². The third kappa shape index (κ3) is 19.6. The van der Waals surface area contributed by atoms with Crippen molar-refractivity contribution in [2.75, 3.05) is 41.5 Å². The first-order chi connectivity index (χ1) is 52.0. The van der Waals surface area contributed by atoms with Gasteiger partial charge in [-0.3, -0.25) is 9.59 Å². The van der Waals surface area contributed by atoms with Gasteiger partial charge in [-0.2, -0.15) is 0 Å². The van der Waals surface area contributed by atoms with Gasteiger partial charge in [0.25, 0.3) is 0 Å². The first kappa shape index (κ1) is 78.3. The van der Waals surface area contributed by atoms with Crippen molar-refractivity contribution in [2.24, 2.45) is 0 Å². The highest BCUT2D eigenvalue weighted by atomic mass is 35.5. The number of H-pyrrole nitrogens is 5. The Morgan fingerprint density at radius 1 is 0.430 bits per heavy atom. The zero-order chi connectivity index (χ0) is 75.9. The standard InChI is InChI=1S/C19H18ClN3.C19H15ClN2O2.C18H15ClN2O.C18H16ClNO2.C12H10ClNO2/c1-21-9-8-15(13-6-4-3-5-7-13)14-10-16-18(22-2)12-23-19(16)17(20)11-14;1-21-17-11-22-19-15(17)8-13(9-16(19)20)14(10-18(23)24-2)12-6-4-3-5-7-12;1-20-17-11-21-18-15(17)9-13(10-16(18)19)14(7-8-22)12-5-3-2-4-6-12;1-22-17(21)11-15(12-5-3-2-4-6-12)14-9-13-7-8-20-18(13)16(19)10-14;1-16-11(15)3-2-8-6-9-4-5-14-12(9)10(13)7-8/h3-7,10-12,15,21,23H,8-9H2,1H3;3-9,11,14,22H,10H2,2H3;2-6,9-11,14,21-22H,7-8H2;2-10,15,20H,11H2,1H3;2-7,14H,1H3/b;;;;3-2+. The average molecular weight is 1520 g/mol. The lowest BCUT2D eigenvalue weighted by molar-refractivity contribution is -0.141. The van der Waals surface area contributed by atoms with E-state index in [9.17, 15) is 19.5 Å². The van der Waals surface area contributed by atoms with E-state index in [1.807, 2.05) is 171 Å². The monoisotopic (exact) mass is 1520 g/mol. The summed E-state index contributed by atoms with van der Waals surface area (Å²) in [7, 11) is 6.09. The minimum absolute atomic E-state index is 0.0570. The molecule has 0 saturated heterocycles. The van der Waals surface area contributed by atoms with Gasteiger partial charge in [-0.05, 0) is 137 Å². The largest absolute Gasteiger partial charge is 0.469 e. The van der Waals surface area contributed by atoms with E-state index in [2.05, 4.69) is 85.9 Å². The molecule has 0 bridgehead atoms. The zero-order valence-corrected chi connectivity index (χ0v) is 62.5. The van der Waals surface area contributed by atoms with Gasteiger partial charge in [0.1, 0.15) is 0 Å².